The molecule has 178 valence electrons. The first kappa shape index (κ1) is 23.7. The number of halogens is 4. The highest BCUT2D eigenvalue weighted by Crippen LogP contribution is 2.37. The minimum absolute atomic E-state index is 0.00622. The highest BCUT2D eigenvalue weighted by molar-refractivity contribution is 7.91. The number of alkyl halides is 3. The predicted octanol–water partition coefficient (Wildman–Crippen LogP) is 3.74. The number of carbonyl (C=O) groups is 1. The summed E-state index contributed by atoms with van der Waals surface area (Å²) >= 11 is 5.84. The first-order valence-corrected chi connectivity index (χ1v) is 11.6. The van der Waals surface area contributed by atoms with Crippen molar-refractivity contribution in [2.75, 3.05) is 17.9 Å². The van der Waals surface area contributed by atoms with Crippen LogP contribution in [0, 0.1) is 0 Å². The van der Waals surface area contributed by atoms with Crippen LogP contribution >= 0.6 is 11.6 Å². The molecule has 0 bridgehead atoms. The molecule has 14 heteroatoms. The van der Waals surface area contributed by atoms with Gasteiger partial charge in [0, 0.05) is 18.2 Å². The Balaban J connectivity index is 1.61. The molecule has 3 aromatic rings. The molecule has 0 fully saturated rings. The van der Waals surface area contributed by atoms with Gasteiger partial charge in [0.25, 0.3) is 0 Å². The maximum atomic E-state index is 13.5. The van der Waals surface area contributed by atoms with Gasteiger partial charge in [-0.15, -0.1) is 0 Å². The van der Waals surface area contributed by atoms with E-state index in [-0.39, 0.29) is 34.6 Å². The van der Waals surface area contributed by atoms with Gasteiger partial charge in [-0.3, -0.25) is 4.79 Å². The van der Waals surface area contributed by atoms with Crippen LogP contribution in [-0.4, -0.2) is 41.8 Å². The molecular weight excluding hydrogens is 501 g/mol. The number of ether oxygens (including phenoxy) is 2. The van der Waals surface area contributed by atoms with E-state index < -0.39 is 44.9 Å². The molecule has 0 atom stereocenters. The van der Waals surface area contributed by atoms with E-state index in [9.17, 15) is 26.4 Å². The van der Waals surface area contributed by atoms with Crippen molar-refractivity contribution in [3.63, 3.8) is 0 Å². The number of amides is 1. The fraction of sp³-hybridized carbons (Fsp3) is 0.200. The molecule has 0 aliphatic carbocycles. The van der Waals surface area contributed by atoms with Gasteiger partial charge in [0.1, 0.15) is 5.69 Å². The zero-order chi connectivity index (χ0) is 24.5. The fourth-order valence-electron chi connectivity index (χ4n) is 2.92. The van der Waals surface area contributed by atoms with Crippen LogP contribution in [0.1, 0.15) is 12.1 Å². The summed E-state index contributed by atoms with van der Waals surface area (Å²) in [4.78, 5) is 23.0. The molecule has 4 rings (SSSR count). The lowest BCUT2D eigenvalue weighted by molar-refractivity contribution is -0.141. The molecule has 0 saturated heterocycles. The second-order valence-corrected chi connectivity index (χ2v) is 9.31. The lowest BCUT2D eigenvalue weighted by Crippen LogP contribution is -2.20. The lowest BCUT2D eigenvalue weighted by atomic mass is 10.1. The molecule has 0 unspecified atom stereocenters. The average Bonchev–Trinajstić information content (AvgIpc) is 3.26. The summed E-state index contributed by atoms with van der Waals surface area (Å²) < 4.78 is 76.2. The van der Waals surface area contributed by atoms with Crippen LogP contribution in [0.3, 0.4) is 0 Å². The van der Waals surface area contributed by atoms with E-state index in [4.69, 9.17) is 21.1 Å². The van der Waals surface area contributed by atoms with Crippen molar-refractivity contribution in [2.24, 2.45) is 0 Å². The van der Waals surface area contributed by atoms with Crippen LogP contribution in [0.15, 0.2) is 47.8 Å². The molecule has 0 radical (unpaired) electrons. The van der Waals surface area contributed by atoms with Crippen LogP contribution < -0.4 is 14.8 Å². The Hall–Kier alpha value is -3.45. The molecule has 2 aromatic heterocycles. The Morgan fingerprint density at radius 2 is 1.88 bits per heavy atom. The van der Waals surface area contributed by atoms with Crippen molar-refractivity contribution >= 4 is 33.0 Å². The zero-order valence-corrected chi connectivity index (χ0v) is 18.5. The SMILES string of the molecule is O=C(CCS(=O)(=O)c1nc(-c2ccc3c(c2)OCO3)cc(C(F)(F)F)n1)Nc1cccnc1Cl. The van der Waals surface area contributed by atoms with E-state index in [2.05, 4.69) is 20.3 Å². The standard InChI is InChI=1S/C20H14ClF3N4O5S/c21-18-12(2-1-6-25-18)26-17(29)5-7-34(30,31)19-27-13(9-16(28-19)20(22,23)24)11-3-4-14-15(8-11)33-10-32-14/h1-4,6,8-9H,5,7,10H2,(H,26,29). The summed E-state index contributed by atoms with van der Waals surface area (Å²) in [6.45, 7) is -0.0533. The van der Waals surface area contributed by atoms with Crippen LogP contribution in [0.4, 0.5) is 18.9 Å². The number of fused-ring (bicyclic) bond motifs is 1. The highest BCUT2D eigenvalue weighted by Gasteiger charge is 2.35. The third-order valence-electron chi connectivity index (χ3n) is 4.57. The normalized spacial score (nSPS) is 13.1. The van der Waals surface area contributed by atoms with Crippen molar-refractivity contribution in [3.8, 4) is 22.8 Å². The Morgan fingerprint density at radius 3 is 2.62 bits per heavy atom. The zero-order valence-electron chi connectivity index (χ0n) is 17.0. The van der Waals surface area contributed by atoms with E-state index in [1.807, 2.05) is 0 Å². The van der Waals surface area contributed by atoms with E-state index in [0.29, 0.717) is 11.8 Å². The number of anilines is 1. The van der Waals surface area contributed by atoms with Crippen molar-refractivity contribution in [1.82, 2.24) is 15.0 Å². The van der Waals surface area contributed by atoms with Crippen LogP contribution in [0.2, 0.25) is 5.15 Å². The Morgan fingerprint density at radius 1 is 1.12 bits per heavy atom. The molecule has 1 amide bonds. The maximum absolute atomic E-state index is 13.5. The fourth-order valence-corrected chi connectivity index (χ4v) is 4.20. The first-order valence-electron chi connectivity index (χ1n) is 9.52. The quantitative estimate of drug-likeness (QED) is 0.390. The molecule has 1 aromatic carbocycles. The molecule has 3 heterocycles. The second-order valence-electron chi connectivity index (χ2n) is 6.95. The topological polar surface area (TPSA) is 120 Å². The van der Waals surface area contributed by atoms with Crippen LogP contribution in [0.25, 0.3) is 11.3 Å². The van der Waals surface area contributed by atoms with Gasteiger partial charge >= 0.3 is 6.18 Å². The molecule has 1 N–H and O–H groups in total. The van der Waals surface area contributed by atoms with Gasteiger partial charge in [-0.05, 0) is 36.4 Å². The van der Waals surface area contributed by atoms with Gasteiger partial charge in [0.15, 0.2) is 16.7 Å². The predicted molar refractivity (Wildman–Crippen MR) is 113 cm³/mol. The van der Waals surface area contributed by atoms with Crippen LogP contribution in [0.5, 0.6) is 11.5 Å². The van der Waals surface area contributed by atoms with Gasteiger partial charge in [-0.25, -0.2) is 23.4 Å². The van der Waals surface area contributed by atoms with Gasteiger partial charge < -0.3 is 14.8 Å². The molecule has 34 heavy (non-hydrogen) atoms. The molecule has 9 nitrogen and oxygen atoms in total. The largest absolute Gasteiger partial charge is 0.454 e. The van der Waals surface area contributed by atoms with Crippen molar-refractivity contribution in [1.29, 1.82) is 0 Å². The first-order chi connectivity index (χ1) is 16.0. The number of nitrogens with one attached hydrogen (secondary N) is 1. The third-order valence-corrected chi connectivity index (χ3v) is 6.36. The van der Waals surface area contributed by atoms with Crippen molar-refractivity contribution in [2.45, 2.75) is 17.8 Å². The minimum Gasteiger partial charge on any atom is -0.454 e. The van der Waals surface area contributed by atoms with Gasteiger partial charge in [-0.2, -0.15) is 13.2 Å². The van der Waals surface area contributed by atoms with Gasteiger partial charge in [0.2, 0.25) is 27.7 Å². The molecular formula is C20H14ClF3N4O5S. The lowest BCUT2D eigenvalue weighted by Gasteiger charge is -2.12. The van der Waals surface area contributed by atoms with Crippen molar-refractivity contribution in [3.05, 3.63) is 53.4 Å². The number of pyridine rings is 1. The number of rotatable bonds is 6. The number of hydrogen-bond acceptors (Lipinski definition) is 8. The minimum atomic E-state index is -4.94. The number of carbonyl (C=O) groups excluding carboxylic acids is 1. The number of aromatic nitrogens is 3. The number of sulfone groups is 1. The number of nitrogens with zero attached hydrogens (tertiary/aromatic N) is 3. The summed E-state index contributed by atoms with van der Waals surface area (Å²) in [6, 6.07) is 7.86. The summed E-state index contributed by atoms with van der Waals surface area (Å²) in [5.74, 6) is -0.902. The molecule has 0 spiro atoms. The Kier molecular flexibility index (Phi) is 6.32. The van der Waals surface area contributed by atoms with E-state index in [1.54, 1.807) is 0 Å². The summed E-state index contributed by atoms with van der Waals surface area (Å²) in [5, 5.41) is 1.33. The monoisotopic (exact) mass is 514 g/mol. The molecule has 1 aliphatic heterocycles. The molecule has 0 saturated carbocycles. The smallest absolute Gasteiger partial charge is 0.433 e. The number of benzene rings is 1. The van der Waals surface area contributed by atoms with Gasteiger partial charge in [-0.1, -0.05) is 11.6 Å². The third kappa shape index (κ3) is 5.20. The summed E-state index contributed by atoms with van der Waals surface area (Å²) in [6.07, 6.45) is -4.12. The average molecular weight is 515 g/mol. The summed E-state index contributed by atoms with van der Waals surface area (Å²) in [5.41, 5.74) is -1.41. The second kappa shape index (κ2) is 9.06. The Labute approximate surface area is 195 Å². The molecule has 1 aliphatic rings. The van der Waals surface area contributed by atoms with Crippen LogP contribution in [-0.2, 0) is 20.8 Å². The number of hydrogen-bond donors (Lipinski definition) is 1. The van der Waals surface area contributed by atoms with E-state index in [0.717, 1.165) is 0 Å². The summed E-state index contributed by atoms with van der Waals surface area (Å²) in [7, 11) is -4.47. The highest BCUT2D eigenvalue weighted by atomic mass is 35.5. The van der Waals surface area contributed by atoms with Gasteiger partial charge in [0.05, 0.1) is 17.1 Å². The van der Waals surface area contributed by atoms with Crippen molar-refractivity contribution < 1.29 is 35.9 Å². The van der Waals surface area contributed by atoms with E-state index >= 15 is 0 Å². The Bertz CT molecular complexity index is 1370. The van der Waals surface area contributed by atoms with E-state index in [1.165, 1.54) is 36.5 Å². The maximum Gasteiger partial charge on any atom is 0.433 e.